The monoisotopic (exact) mass is 237 g/mol. The van der Waals surface area contributed by atoms with Crippen LogP contribution < -0.4 is 4.90 Å². The fourth-order valence-electron chi connectivity index (χ4n) is 2.96. The minimum Gasteiger partial charge on any atom is -0.368 e. The van der Waals surface area contributed by atoms with Crippen molar-refractivity contribution < 1.29 is 0 Å². The molecule has 0 amide bonds. The van der Waals surface area contributed by atoms with Crippen molar-refractivity contribution in [1.82, 2.24) is 0 Å². The molecule has 2 aromatic rings. The Morgan fingerprint density at radius 3 is 2.50 bits per heavy atom. The molecular weight excluding hydrogens is 218 g/mol. The van der Waals surface area contributed by atoms with E-state index in [9.17, 15) is 0 Å². The summed E-state index contributed by atoms with van der Waals surface area (Å²) < 4.78 is 0. The first kappa shape index (κ1) is 11.3. The Labute approximate surface area is 109 Å². The van der Waals surface area contributed by atoms with E-state index >= 15 is 0 Å². The topological polar surface area (TPSA) is 3.24 Å². The van der Waals surface area contributed by atoms with Gasteiger partial charge in [-0.25, -0.2) is 0 Å². The molecule has 0 saturated carbocycles. The van der Waals surface area contributed by atoms with Gasteiger partial charge in [0.15, 0.2) is 0 Å². The molecule has 2 aromatic carbocycles. The molecule has 0 N–H and O–H groups in total. The third-order valence-electron chi connectivity index (χ3n) is 4.46. The van der Waals surface area contributed by atoms with Crippen molar-refractivity contribution in [2.45, 2.75) is 26.8 Å². The largest absolute Gasteiger partial charge is 0.368 e. The summed E-state index contributed by atoms with van der Waals surface area (Å²) in [6, 6.07) is 13.6. The molecule has 0 aliphatic carbocycles. The molecule has 0 spiro atoms. The Hall–Kier alpha value is -1.76. The van der Waals surface area contributed by atoms with Crippen molar-refractivity contribution in [1.29, 1.82) is 0 Å². The molecule has 0 bridgehead atoms. The summed E-state index contributed by atoms with van der Waals surface area (Å²) in [5.74, 6) is 0. The van der Waals surface area contributed by atoms with Crippen molar-refractivity contribution in [3.8, 4) is 0 Å². The Kier molecular flexibility index (Phi) is 2.44. The second kappa shape index (κ2) is 3.88. The Balaban J connectivity index is 2.42. The molecule has 1 aliphatic heterocycles. The van der Waals surface area contributed by atoms with E-state index in [0.29, 0.717) is 6.04 Å². The first-order valence-electron chi connectivity index (χ1n) is 6.53. The number of rotatable bonds is 0. The van der Waals surface area contributed by atoms with E-state index in [1.54, 1.807) is 0 Å². The van der Waals surface area contributed by atoms with Crippen LogP contribution >= 0.6 is 0 Å². The molecule has 0 radical (unpaired) electrons. The van der Waals surface area contributed by atoms with Crippen LogP contribution in [0.25, 0.3) is 16.3 Å². The van der Waals surface area contributed by atoms with E-state index < -0.39 is 0 Å². The molecule has 1 unspecified atom stereocenters. The summed E-state index contributed by atoms with van der Waals surface area (Å²) in [6.45, 7) is 6.78. The molecule has 0 saturated heterocycles. The van der Waals surface area contributed by atoms with Crippen LogP contribution in [-0.2, 0) is 0 Å². The highest BCUT2D eigenvalue weighted by atomic mass is 15.1. The third kappa shape index (κ3) is 1.40. The third-order valence-corrected chi connectivity index (χ3v) is 4.46. The van der Waals surface area contributed by atoms with Gasteiger partial charge < -0.3 is 4.90 Å². The average Bonchev–Trinajstić information content (AvgIpc) is 2.41. The molecule has 1 nitrogen and oxygen atoms in total. The molecule has 3 rings (SSSR count). The summed E-state index contributed by atoms with van der Waals surface area (Å²) in [5, 5.41) is 2.69. The van der Waals surface area contributed by atoms with Crippen LogP contribution in [-0.4, -0.2) is 13.1 Å². The average molecular weight is 237 g/mol. The fourth-order valence-corrected chi connectivity index (χ4v) is 2.96. The van der Waals surface area contributed by atoms with Gasteiger partial charge in [0.25, 0.3) is 0 Å². The van der Waals surface area contributed by atoms with Crippen molar-refractivity contribution in [2.75, 3.05) is 11.9 Å². The van der Waals surface area contributed by atoms with E-state index in [1.165, 1.54) is 33.2 Å². The van der Waals surface area contributed by atoms with E-state index in [0.717, 1.165) is 0 Å². The number of fused-ring (bicyclic) bond motifs is 3. The van der Waals surface area contributed by atoms with Gasteiger partial charge in [-0.2, -0.15) is 0 Å². The SMILES string of the molecule is CC1=C(C)C(C)N(C)c2ccc3ccccc3c21. The highest BCUT2D eigenvalue weighted by Crippen LogP contribution is 2.40. The van der Waals surface area contributed by atoms with Gasteiger partial charge >= 0.3 is 0 Å². The van der Waals surface area contributed by atoms with Crippen LogP contribution in [0.2, 0.25) is 0 Å². The first-order chi connectivity index (χ1) is 8.61. The normalized spacial score (nSPS) is 19.3. The van der Waals surface area contributed by atoms with Crippen molar-refractivity contribution in [3.05, 3.63) is 47.5 Å². The number of anilines is 1. The van der Waals surface area contributed by atoms with Crippen LogP contribution in [0, 0.1) is 0 Å². The number of benzene rings is 2. The number of allylic oxidation sites excluding steroid dienone is 1. The van der Waals surface area contributed by atoms with Crippen LogP contribution in [0.15, 0.2) is 42.0 Å². The molecule has 1 atom stereocenters. The Morgan fingerprint density at radius 2 is 1.72 bits per heavy atom. The summed E-state index contributed by atoms with van der Waals surface area (Å²) >= 11 is 0. The highest BCUT2D eigenvalue weighted by Gasteiger charge is 2.24. The van der Waals surface area contributed by atoms with Crippen LogP contribution in [0.3, 0.4) is 0 Å². The molecule has 0 aromatic heterocycles. The van der Waals surface area contributed by atoms with E-state index in [2.05, 4.69) is 69.1 Å². The second-order valence-electron chi connectivity index (χ2n) is 5.28. The minimum absolute atomic E-state index is 0.485. The van der Waals surface area contributed by atoms with Crippen molar-refractivity contribution >= 4 is 22.0 Å². The molecule has 1 aliphatic rings. The van der Waals surface area contributed by atoms with Crippen LogP contribution in [0.1, 0.15) is 26.3 Å². The molecular formula is C17H19N. The Morgan fingerprint density at radius 1 is 1.00 bits per heavy atom. The van der Waals surface area contributed by atoms with Crippen molar-refractivity contribution in [3.63, 3.8) is 0 Å². The second-order valence-corrected chi connectivity index (χ2v) is 5.28. The predicted molar refractivity (Wildman–Crippen MR) is 80.1 cm³/mol. The quantitative estimate of drug-likeness (QED) is 0.653. The van der Waals surface area contributed by atoms with Gasteiger partial charge in [-0.15, -0.1) is 0 Å². The summed E-state index contributed by atoms with van der Waals surface area (Å²) in [6.07, 6.45) is 0. The van der Waals surface area contributed by atoms with Gasteiger partial charge in [-0.05, 0) is 48.8 Å². The zero-order chi connectivity index (χ0) is 12.9. The minimum atomic E-state index is 0.485. The van der Waals surface area contributed by atoms with Gasteiger partial charge in [0, 0.05) is 24.3 Å². The van der Waals surface area contributed by atoms with Gasteiger partial charge in [-0.1, -0.05) is 30.3 Å². The number of hydrogen-bond acceptors (Lipinski definition) is 1. The lowest BCUT2D eigenvalue weighted by Gasteiger charge is -2.36. The molecule has 1 heteroatoms. The van der Waals surface area contributed by atoms with Gasteiger partial charge in [0.05, 0.1) is 0 Å². The van der Waals surface area contributed by atoms with Crippen molar-refractivity contribution in [2.24, 2.45) is 0 Å². The van der Waals surface area contributed by atoms with Gasteiger partial charge in [0.1, 0.15) is 0 Å². The maximum atomic E-state index is 2.38. The Bertz CT molecular complexity index is 652. The standard InChI is InChI=1S/C17H19N/c1-11-12(2)17-15-8-6-5-7-14(15)9-10-16(17)18(4)13(11)3/h5-10,13H,1-4H3. The fraction of sp³-hybridized carbons (Fsp3) is 0.294. The lowest BCUT2D eigenvalue weighted by atomic mass is 9.88. The number of nitrogens with zero attached hydrogens (tertiary/aromatic N) is 1. The number of likely N-dealkylation sites (N-methyl/N-ethyl adjacent to an activating group) is 1. The van der Waals surface area contributed by atoms with E-state index in [1.807, 2.05) is 0 Å². The van der Waals surface area contributed by atoms with E-state index in [4.69, 9.17) is 0 Å². The molecule has 92 valence electrons. The van der Waals surface area contributed by atoms with Crippen LogP contribution in [0.4, 0.5) is 5.69 Å². The summed E-state index contributed by atoms with van der Waals surface area (Å²) in [7, 11) is 2.19. The molecule has 0 fully saturated rings. The zero-order valence-electron chi connectivity index (χ0n) is 11.5. The lowest BCUT2D eigenvalue weighted by Crippen LogP contribution is -2.33. The zero-order valence-corrected chi connectivity index (χ0v) is 11.5. The lowest BCUT2D eigenvalue weighted by molar-refractivity contribution is 0.769. The highest BCUT2D eigenvalue weighted by molar-refractivity contribution is 6.01. The van der Waals surface area contributed by atoms with Gasteiger partial charge in [0.2, 0.25) is 0 Å². The smallest absolute Gasteiger partial charge is 0.0474 e. The van der Waals surface area contributed by atoms with Gasteiger partial charge in [-0.3, -0.25) is 0 Å². The first-order valence-corrected chi connectivity index (χ1v) is 6.53. The molecule has 1 heterocycles. The van der Waals surface area contributed by atoms with Crippen LogP contribution in [0.5, 0.6) is 0 Å². The number of hydrogen-bond donors (Lipinski definition) is 0. The maximum absolute atomic E-state index is 2.38. The predicted octanol–water partition coefficient (Wildman–Crippen LogP) is 4.47. The van der Waals surface area contributed by atoms with E-state index in [-0.39, 0.29) is 0 Å². The maximum Gasteiger partial charge on any atom is 0.0474 e. The summed E-state index contributed by atoms with van der Waals surface area (Å²) in [4.78, 5) is 2.38. The molecule has 18 heavy (non-hydrogen) atoms. The summed E-state index contributed by atoms with van der Waals surface area (Å²) in [5.41, 5.74) is 5.67.